The monoisotopic (exact) mass is 324 g/mol. The van der Waals surface area contributed by atoms with Crippen LogP contribution in [0.1, 0.15) is 37.6 Å². The van der Waals surface area contributed by atoms with Gasteiger partial charge in [-0.2, -0.15) is 5.10 Å². The Hall–Kier alpha value is -2.45. The number of hydrogen-bond acceptors (Lipinski definition) is 5. The van der Waals surface area contributed by atoms with Gasteiger partial charge >= 0.3 is 11.7 Å². The summed E-state index contributed by atoms with van der Waals surface area (Å²) in [6.45, 7) is 5.28. The van der Waals surface area contributed by atoms with Crippen molar-refractivity contribution in [1.82, 2.24) is 14.7 Å². The summed E-state index contributed by atoms with van der Waals surface area (Å²) < 4.78 is 1.43. The second kappa shape index (κ2) is 5.98. The van der Waals surface area contributed by atoms with E-state index in [1.165, 1.54) is 9.58 Å². The molecule has 1 aliphatic rings. The van der Waals surface area contributed by atoms with Gasteiger partial charge in [-0.05, 0) is 33.6 Å². The van der Waals surface area contributed by atoms with Crippen LogP contribution < -0.4 is 0 Å². The largest absolute Gasteiger partial charge is 0.480 e. The lowest BCUT2D eigenvalue weighted by molar-refractivity contribution is -0.386. The lowest BCUT2D eigenvalue weighted by Gasteiger charge is -2.31. The van der Waals surface area contributed by atoms with Crippen molar-refractivity contribution in [3.8, 4) is 0 Å². The van der Waals surface area contributed by atoms with Gasteiger partial charge in [0.05, 0.1) is 11.5 Å². The van der Waals surface area contributed by atoms with Gasteiger partial charge in [-0.1, -0.05) is 0 Å². The molecule has 1 fully saturated rings. The summed E-state index contributed by atoms with van der Waals surface area (Å²) in [6, 6.07) is 0. The molecule has 1 aromatic rings. The Morgan fingerprint density at radius 3 is 2.61 bits per heavy atom. The van der Waals surface area contributed by atoms with Gasteiger partial charge in [0.15, 0.2) is 0 Å². The number of nitrogens with zero attached hydrogens (tertiary/aromatic N) is 4. The highest BCUT2D eigenvalue weighted by Crippen LogP contribution is 2.30. The Morgan fingerprint density at radius 1 is 1.43 bits per heavy atom. The van der Waals surface area contributed by atoms with Crippen LogP contribution in [0.3, 0.4) is 0 Å². The summed E-state index contributed by atoms with van der Waals surface area (Å²) in [5.74, 6) is -1.28. The number of aromatic nitrogens is 2. The van der Waals surface area contributed by atoms with Gasteiger partial charge in [-0.3, -0.25) is 19.6 Å². The minimum atomic E-state index is -1.17. The van der Waals surface area contributed by atoms with E-state index >= 15 is 0 Å². The second-order valence-electron chi connectivity index (χ2n) is 5.98. The van der Waals surface area contributed by atoms with Crippen LogP contribution in [0.4, 0.5) is 5.69 Å². The third-order valence-corrected chi connectivity index (χ3v) is 4.47. The average molecular weight is 324 g/mol. The Kier molecular flexibility index (Phi) is 4.39. The summed E-state index contributed by atoms with van der Waals surface area (Å²) in [6.07, 6.45) is 1.14. The predicted octanol–water partition coefficient (Wildman–Crippen LogP) is 1.26. The van der Waals surface area contributed by atoms with Crippen molar-refractivity contribution >= 4 is 17.6 Å². The van der Waals surface area contributed by atoms with Crippen LogP contribution in [-0.2, 0) is 16.1 Å². The maximum absolute atomic E-state index is 12.4. The molecule has 23 heavy (non-hydrogen) atoms. The number of carboxylic acid groups (broad SMARTS) is 1. The average Bonchev–Trinajstić information content (AvgIpc) is 2.98. The van der Waals surface area contributed by atoms with Gasteiger partial charge in [0.25, 0.3) is 0 Å². The highest BCUT2D eigenvalue weighted by atomic mass is 16.6. The van der Waals surface area contributed by atoms with E-state index in [-0.39, 0.29) is 24.6 Å². The van der Waals surface area contributed by atoms with E-state index in [2.05, 4.69) is 5.10 Å². The fourth-order valence-electron chi connectivity index (χ4n) is 3.09. The van der Waals surface area contributed by atoms with Gasteiger partial charge in [-0.25, -0.2) is 4.79 Å². The van der Waals surface area contributed by atoms with E-state index in [0.717, 1.165) is 0 Å². The quantitative estimate of drug-likeness (QED) is 0.643. The number of likely N-dealkylation sites (tertiary alicyclic amines) is 1. The number of rotatable bonds is 5. The molecule has 1 saturated heterocycles. The molecule has 1 aromatic heterocycles. The third-order valence-electron chi connectivity index (χ3n) is 4.47. The Balaban J connectivity index is 2.10. The minimum Gasteiger partial charge on any atom is -0.480 e. The molecule has 9 nitrogen and oxygen atoms in total. The summed E-state index contributed by atoms with van der Waals surface area (Å²) in [7, 11) is 0. The lowest BCUT2D eigenvalue weighted by atomic mass is 9.99. The van der Waals surface area contributed by atoms with Crippen molar-refractivity contribution in [2.45, 2.75) is 52.1 Å². The molecule has 0 aromatic carbocycles. The number of nitro groups is 1. The van der Waals surface area contributed by atoms with Crippen molar-refractivity contribution < 1.29 is 19.6 Å². The molecule has 0 spiro atoms. The maximum Gasteiger partial charge on any atom is 0.329 e. The Labute approximate surface area is 133 Å². The van der Waals surface area contributed by atoms with Crippen LogP contribution in [0, 0.1) is 24.0 Å². The van der Waals surface area contributed by atoms with Gasteiger partial charge in [0.1, 0.15) is 16.9 Å². The van der Waals surface area contributed by atoms with E-state index in [0.29, 0.717) is 30.8 Å². The first-order valence-electron chi connectivity index (χ1n) is 7.40. The SMILES string of the molecule is Cc1nn(CCC(=O)N2CCCC2(C)C(=O)O)c(C)c1[N+](=O)[O-]. The highest BCUT2D eigenvalue weighted by Gasteiger charge is 2.45. The van der Waals surface area contributed by atoms with E-state index in [4.69, 9.17) is 0 Å². The standard InChI is InChI=1S/C14H20N4O5/c1-9-12(18(22)23)10(2)17(15-9)8-5-11(19)16-7-4-6-14(16,3)13(20)21/h4-8H2,1-3H3,(H,20,21). The number of carbonyl (C=O) groups is 2. The molecule has 2 heterocycles. The Bertz CT molecular complexity index is 668. The third kappa shape index (κ3) is 2.90. The summed E-state index contributed by atoms with van der Waals surface area (Å²) in [5, 5.41) is 24.4. The molecule has 0 saturated carbocycles. The molecular weight excluding hydrogens is 304 g/mol. The zero-order valence-corrected chi connectivity index (χ0v) is 13.4. The first-order valence-corrected chi connectivity index (χ1v) is 7.40. The molecule has 0 aliphatic carbocycles. The van der Waals surface area contributed by atoms with E-state index < -0.39 is 16.4 Å². The maximum atomic E-state index is 12.4. The molecule has 2 rings (SSSR count). The Morgan fingerprint density at radius 2 is 2.09 bits per heavy atom. The van der Waals surface area contributed by atoms with E-state index in [9.17, 15) is 24.8 Å². The molecule has 126 valence electrons. The van der Waals surface area contributed by atoms with Crippen LogP contribution in [0.25, 0.3) is 0 Å². The molecule has 1 N–H and O–H groups in total. The number of aliphatic carboxylic acids is 1. The molecule has 1 aliphatic heterocycles. The van der Waals surface area contributed by atoms with Crippen molar-refractivity contribution in [3.63, 3.8) is 0 Å². The van der Waals surface area contributed by atoms with Crippen LogP contribution >= 0.6 is 0 Å². The van der Waals surface area contributed by atoms with Gasteiger partial charge < -0.3 is 10.0 Å². The van der Waals surface area contributed by atoms with Crippen molar-refractivity contribution in [3.05, 3.63) is 21.5 Å². The van der Waals surface area contributed by atoms with Crippen LogP contribution in [0.2, 0.25) is 0 Å². The summed E-state index contributed by atoms with van der Waals surface area (Å²) in [4.78, 5) is 35.6. The molecular formula is C14H20N4O5. The predicted molar refractivity (Wildman–Crippen MR) is 80.0 cm³/mol. The van der Waals surface area contributed by atoms with E-state index in [1.54, 1.807) is 20.8 Å². The first kappa shape index (κ1) is 16.9. The lowest BCUT2D eigenvalue weighted by Crippen LogP contribution is -2.50. The molecule has 0 radical (unpaired) electrons. The molecule has 0 bridgehead atoms. The van der Waals surface area contributed by atoms with Crippen molar-refractivity contribution in [2.75, 3.05) is 6.54 Å². The van der Waals surface area contributed by atoms with Gasteiger partial charge in [0.2, 0.25) is 5.91 Å². The highest BCUT2D eigenvalue weighted by molar-refractivity contribution is 5.87. The first-order chi connectivity index (χ1) is 10.7. The van der Waals surface area contributed by atoms with Crippen LogP contribution in [0.15, 0.2) is 0 Å². The fourth-order valence-corrected chi connectivity index (χ4v) is 3.09. The smallest absolute Gasteiger partial charge is 0.329 e. The normalized spacial score (nSPS) is 20.7. The molecule has 1 atom stereocenters. The zero-order valence-electron chi connectivity index (χ0n) is 13.4. The van der Waals surface area contributed by atoms with Gasteiger partial charge in [-0.15, -0.1) is 0 Å². The fraction of sp³-hybridized carbons (Fsp3) is 0.643. The summed E-state index contributed by atoms with van der Waals surface area (Å²) >= 11 is 0. The number of carbonyl (C=O) groups excluding carboxylic acids is 1. The number of carboxylic acids is 1. The number of hydrogen-bond donors (Lipinski definition) is 1. The topological polar surface area (TPSA) is 119 Å². The number of amides is 1. The number of aryl methyl sites for hydroxylation is 2. The van der Waals surface area contributed by atoms with Crippen LogP contribution in [0.5, 0.6) is 0 Å². The van der Waals surface area contributed by atoms with E-state index in [1.807, 2.05) is 0 Å². The second-order valence-corrected chi connectivity index (χ2v) is 5.98. The zero-order chi connectivity index (χ0) is 17.4. The summed E-state index contributed by atoms with van der Waals surface area (Å²) in [5.41, 5.74) is -0.522. The molecule has 1 amide bonds. The molecule has 9 heteroatoms. The van der Waals surface area contributed by atoms with Crippen LogP contribution in [-0.4, -0.2) is 48.7 Å². The van der Waals surface area contributed by atoms with Crippen molar-refractivity contribution in [1.29, 1.82) is 0 Å². The van der Waals surface area contributed by atoms with Gasteiger partial charge in [0, 0.05) is 13.0 Å². The minimum absolute atomic E-state index is 0.0472. The van der Waals surface area contributed by atoms with Crippen molar-refractivity contribution in [2.24, 2.45) is 0 Å². The molecule has 1 unspecified atom stereocenters.